The van der Waals surface area contributed by atoms with E-state index in [1.54, 1.807) is 23.6 Å². The Hall–Kier alpha value is -2.40. The molecule has 0 saturated heterocycles. The Morgan fingerprint density at radius 3 is 2.52 bits per heavy atom. The largest absolute Gasteiger partial charge is 0.279 e. The van der Waals surface area contributed by atoms with Crippen LogP contribution in [0.2, 0.25) is 0 Å². The molecule has 21 heavy (non-hydrogen) atoms. The van der Waals surface area contributed by atoms with Gasteiger partial charge in [0.1, 0.15) is 0 Å². The number of rotatable bonds is 4. The lowest BCUT2D eigenvalue weighted by molar-refractivity contribution is -0.117. The third-order valence-electron chi connectivity index (χ3n) is 2.86. The second-order valence-electron chi connectivity index (χ2n) is 4.35. The summed E-state index contributed by atoms with van der Waals surface area (Å²) in [6, 6.07) is 11.4. The van der Waals surface area contributed by atoms with E-state index in [9.17, 15) is 9.59 Å². The summed E-state index contributed by atoms with van der Waals surface area (Å²) in [6.45, 7) is 2.09. The number of hydrogen-bond donors (Lipinski definition) is 2. The summed E-state index contributed by atoms with van der Waals surface area (Å²) in [6.07, 6.45) is 4.07. The Morgan fingerprint density at radius 1 is 1.14 bits per heavy atom. The first-order valence-electron chi connectivity index (χ1n) is 6.60. The lowest BCUT2D eigenvalue weighted by Crippen LogP contribution is -2.40. The van der Waals surface area contributed by atoms with E-state index in [0.29, 0.717) is 4.88 Å². The van der Waals surface area contributed by atoms with E-state index in [-0.39, 0.29) is 11.8 Å². The van der Waals surface area contributed by atoms with Gasteiger partial charge < -0.3 is 0 Å². The number of carbonyl (C=O) groups is 2. The van der Waals surface area contributed by atoms with Gasteiger partial charge in [-0.05, 0) is 35.1 Å². The molecule has 0 atom stereocenters. The lowest BCUT2D eigenvalue weighted by Gasteiger charge is -2.03. The van der Waals surface area contributed by atoms with Gasteiger partial charge in [0.05, 0.1) is 4.88 Å². The highest BCUT2D eigenvalue weighted by molar-refractivity contribution is 7.12. The molecule has 5 heteroatoms. The molecule has 2 aromatic rings. The third kappa shape index (κ3) is 4.57. The smallest absolute Gasteiger partial charge is 0.268 e. The number of nitrogens with one attached hydrogen (secondary N) is 2. The summed E-state index contributed by atoms with van der Waals surface area (Å²) in [5, 5.41) is 1.80. The predicted molar refractivity (Wildman–Crippen MR) is 84.8 cm³/mol. The second kappa shape index (κ2) is 7.40. The first kappa shape index (κ1) is 15.0. The van der Waals surface area contributed by atoms with Crippen LogP contribution in [0.15, 0.2) is 47.9 Å². The van der Waals surface area contributed by atoms with Crippen molar-refractivity contribution >= 4 is 29.2 Å². The number of hydrogen-bond acceptors (Lipinski definition) is 3. The van der Waals surface area contributed by atoms with Crippen molar-refractivity contribution < 1.29 is 9.59 Å². The van der Waals surface area contributed by atoms with E-state index in [1.807, 2.05) is 24.3 Å². The molecule has 0 radical (unpaired) electrons. The van der Waals surface area contributed by atoms with Gasteiger partial charge in [-0.15, -0.1) is 11.3 Å². The van der Waals surface area contributed by atoms with E-state index < -0.39 is 0 Å². The molecule has 0 aliphatic rings. The molecule has 0 saturated carbocycles. The van der Waals surface area contributed by atoms with Gasteiger partial charge in [0.2, 0.25) is 0 Å². The van der Waals surface area contributed by atoms with E-state index in [4.69, 9.17) is 0 Å². The maximum absolute atomic E-state index is 11.6. The van der Waals surface area contributed by atoms with Crippen LogP contribution < -0.4 is 10.9 Å². The summed E-state index contributed by atoms with van der Waals surface area (Å²) in [5.74, 6) is -0.696. The fraction of sp³-hybridized carbons (Fsp3) is 0.125. The monoisotopic (exact) mass is 300 g/mol. The second-order valence-corrected chi connectivity index (χ2v) is 5.30. The van der Waals surface area contributed by atoms with Crippen LogP contribution in [-0.2, 0) is 11.2 Å². The van der Waals surface area contributed by atoms with Crippen LogP contribution in [0.4, 0.5) is 0 Å². The highest BCUT2D eigenvalue weighted by atomic mass is 32.1. The zero-order chi connectivity index (χ0) is 15.1. The molecule has 2 N–H and O–H groups in total. The summed E-state index contributed by atoms with van der Waals surface area (Å²) in [5.41, 5.74) is 6.89. The first-order valence-corrected chi connectivity index (χ1v) is 7.48. The Kier molecular flexibility index (Phi) is 5.29. The Bertz CT molecular complexity index is 631. The van der Waals surface area contributed by atoms with E-state index >= 15 is 0 Å². The van der Waals surface area contributed by atoms with Crippen LogP contribution in [0, 0.1) is 0 Å². The molecule has 4 nitrogen and oxygen atoms in total. The summed E-state index contributed by atoms with van der Waals surface area (Å²) < 4.78 is 0. The van der Waals surface area contributed by atoms with Gasteiger partial charge in [0.25, 0.3) is 11.8 Å². The molecule has 1 heterocycles. The normalized spacial score (nSPS) is 10.5. The molecule has 1 aromatic heterocycles. The molecular formula is C16H16N2O2S. The van der Waals surface area contributed by atoms with Crippen molar-refractivity contribution in [1.82, 2.24) is 10.9 Å². The molecule has 0 unspecified atom stereocenters. The van der Waals surface area contributed by atoms with Gasteiger partial charge in [-0.1, -0.05) is 37.3 Å². The molecule has 0 spiro atoms. The zero-order valence-corrected chi connectivity index (χ0v) is 12.4. The van der Waals surface area contributed by atoms with Crippen molar-refractivity contribution in [3.8, 4) is 0 Å². The molecular weight excluding hydrogens is 284 g/mol. The number of carbonyl (C=O) groups excluding carboxylic acids is 2. The predicted octanol–water partition coefficient (Wildman–Crippen LogP) is 2.78. The summed E-state index contributed by atoms with van der Waals surface area (Å²) >= 11 is 1.31. The van der Waals surface area contributed by atoms with Gasteiger partial charge in [0.15, 0.2) is 0 Å². The molecule has 0 aliphatic carbocycles. The van der Waals surface area contributed by atoms with E-state index in [0.717, 1.165) is 12.0 Å². The van der Waals surface area contributed by atoms with Crippen LogP contribution in [0.3, 0.4) is 0 Å². The van der Waals surface area contributed by atoms with Crippen molar-refractivity contribution in [3.05, 3.63) is 63.9 Å². The summed E-state index contributed by atoms with van der Waals surface area (Å²) in [4.78, 5) is 23.8. The fourth-order valence-corrected chi connectivity index (χ4v) is 2.28. The van der Waals surface area contributed by atoms with E-state index in [2.05, 4.69) is 17.8 Å². The molecule has 2 rings (SSSR count). The van der Waals surface area contributed by atoms with Gasteiger partial charge in [-0.3, -0.25) is 20.4 Å². The highest BCUT2D eigenvalue weighted by Gasteiger charge is 2.05. The van der Waals surface area contributed by atoms with E-state index in [1.165, 1.54) is 23.0 Å². The summed E-state index contributed by atoms with van der Waals surface area (Å²) in [7, 11) is 0. The number of aryl methyl sites for hydroxylation is 1. The van der Waals surface area contributed by atoms with Crippen LogP contribution >= 0.6 is 11.3 Å². The van der Waals surface area contributed by atoms with Gasteiger partial charge in [-0.25, -0.2) is 0 Å². The number of amides is 2. The number of benzene rings is 1. The highest BCUT2D eigenvalue weighted by Crippen LogP contribution is 2.07. The van der Waals surface area contributed by atoms with Crippen molar-refractivity contribution in [2.45, 2.75) is 13.3 Å². The van der Waals surface area contributed by atoms with Crippen LogP contribution in [0.5, 0.6) is 0 Å². The quantitative estimate of drug-likeness (QED) is 0.674. The van der Waals surface area contributed by atoms with Gasteiger partial charge in [-0.2, -0.15) is 0 Å². The van der Waals surface area contributed by atoms with Gasteiger partial charge in [0, 0.05) is 6.08 Å². The SMILES string of the molecule is CCc1ccc(/C=C/C(=O)NNC(=O)c2cccs2)cc1. The zero-order valence-electron chi connectivity index (χ0n) is 11.6. The molecule has 0 bridgehead atoms. The van der Waals surface area contributed by atoms with Crippen molar-refractivity contribution in [3.63, 3.8) is 0 Å². The minimum Gasteiger partial charge on any atom is -0.268 e. The van der Waals surface area contributed by atoms with Crippen LogP contribution in [0.25, 0.3) is 6.08 Å². The maximum atomic E-state index is 11.6. The third-order valence-corrected chi connectivity index (χ3v) is 3.73. The Labute approximate surface area is 127 Å². The molecule has 0 aliphatic heterocycles. The van der Waals surface area contributed by atoms with Gasteiger partial charge >= 0.3 is 0 Å². The Morgan fingerprint density at radius 2 is 1.90 bits per heavy atom. The minimum atomic E-state index is -0.375. The molecule has 1 aromatic carbocycles. The number of thiophene rings is 1. The Balaban J connectivity index is 1.83. The van der Waals surface area contributed by atoms with Crippen molar-refractivity contribution in [2.24, 2.45) is 0 Å². The van der Waals surface area contributed by atoms with Crippen LogP contribution in [-0.4, -0.2) is 11.8 Å². The lowest BCUT2D eigenvalue weighted by atomic mass is 10.1. The topological polar surface area (TPSA) is 58.2 Å². The molecule has 0 fully saturated rings. The molecule has 2 amide bonds. The fourth-order valence-electron chi connectivity index (χ4n) is 1.67. The standard InChI is InChI=1S/C16H16N2O2S/c1-2-12-5-7-13(8-6-12)9-10-15(19)17-18-16(20)14-4-3-11-21-14/h3-11H,2H2,1H3,(H,17,19)(H,18,20)/b10-9+. The first-order chi connectivity index (χ1) is 10.2. The average molecular weight is 300 g/mol. The average Bonchev–Trinajstić information content (AvgIpc) is 3.05. The maximum Gasteiger partial charge on any atom is 0.279 e. The molecule has 108 valence electrons. The number of hydrazine groups is 1. The van der Waals surface area contributed by atoms with Crippen LogP contribution in [0.1, 0.15) is 27.7 Å². The minimum absolute atomic E-state index is 0.320. The van der Waals surface area contributed by atoms with Crippen molar-refractivity contribution in [1.29, 1.82) is 0 Å². The van der Waals surface area contributed by atoms with Crippen molar-refractivity contribution in [2.75, 3.05) is 0 Å².